The normalized spacial score (nSPS) is 25.1. The highest BCUT2D eigenvalue weighted by molar-refractivity contribution is 6.00. The Morgan fingerprint density at radius 1 is 1.31 bits per heavy atom. The number of carbonyl (C=O) groups excluding carboxylic acids is 1. The number of carbonyl (C=O) groups is 2. The van der Waals surface area contributed by atoms with Crippen LogP contribution >= 0.6 is 0 Å². The Balaban J connectivity index is 1.67. The molecule has 7 nitrogen and oxygen atoms in total. The summed E-state index contributed by atoms with van der Waals surface area (Å²) < 4.78 is 7.15. The first-order valence-corrected chi connectivity index (χ1v) is 8.71. The Kier molecular flexibility index (Phi) is 4.03. The first-order valence-electron chi connectivity index (χ1n) is 8.71. The summed E-state index contributed by atoms with van der Waals surface area (Å²) in [4.78, 5) is 26.8. The van der Waals surface area contributed by atoms with E-state index >= 15 is 0 Å². The van der Waals surface area contributed by atoms with Gasteiger partial charge in [0.1, 0.15) is 0 Å². The number of carboxylic acids is 1. The third kappa shape index (κ3) is 2.50. The van der Waals surface area contributed by atoms with Crippen LogP contribution in [-0.4, -0.2) is 58.0 Å². The number of rotatable bonds is 3. The van der Waals surface area contributed by atoms with Crippen molar-refractivity contribution in [1.29, 1.82) is 0 Å². The van der Waals surface area contributed by atoms with Gasteiger partial charge in [-0.1, -0.05) is 30.3 Å². The van der Waals surface area contributed by atoms with Gasteiger partial charge in [-0.25, -0.2) is 0 Å². The van der Waals surface area contributed by atoms with Crippen molar-refractivity contribution in [3.63, 3.8) is 0 Å². The number of aromatic nitrogens is 2. The van der Waals surface area contributed by atoms with Gasteiger partial charge in [-0.05, 0) is 6.42 Å². The zero-order chi connectivity index (χ0) is 18.3. The lowest BCUT2D eigenvalue weighted by molar-refractivity contribution is -0.157. The molecule has 2 aromatic rings. The van der Waals surface area contributed by atoms with Crippen molar-refractivity contribution >= 4 is 11.9 Å². The van der Waals surface area contributed by atoms with Crippen LogP contribution in [0.5, 0.6) is 0 Å². The molecule has 0 unspecified atom stereocenters. The fraction of sp³-hybridized carbons (Fsp3) is 0.421. The van der Waals surface area contributed by atoms with Crippen LogP contribution in [0.3, 0.4) is 0 Å². The maximum absolute atomic E-state index is 13.2. The largest absolute Gasteiger partial charge is 0.481 e. The number of aryl methyl sites for hydroxylation is 1. The predicted molar refractivity (Wildman–Crippen MR) is 93.5 cm³/mol. The molecule has 0 saturated carbocycles. The van der Waals surface area contributed by atoms with Gasteiger partial charge in [-0.2, -0.15) is 5.10 Å². The molecule has 2 fully saturated rings. The van der Waals surface area contributed by atoms with Gasteiger partial charge in [-0.15, -0.1) is 0 Å². The van der Waals surface area contributed by atoms with Crippen molar-refractivity contribution < 1.29 is 19.4 Å². The molecule has 2 atom stereocenters. The maximum atomic E-state index is 13.2. The quantitative estimate of drug-likeness (QED) is 0.905. The average Bonchev–Trinajstić information content (AvgIpc) is 3.23. The van der Waals surface area contributed by atoms with Gasteiger partial charge < -0.3 is 14.7 Å². The lowest BCUT2D eigenvalue weighted by atomic mass is 9.74. The molecule has 1 amide bonds. The number of ether oxygens (including phenoxy) is 1. The summed E-state index contributed by atoms with van der Waals surface area (Å²) in [5.74, 6) is -1.18. The van der Waals surface area contributed by atoms with Crippen molar-refractivity contribution in [2.24, 2.45) is 18.4 Å². The Hall–Kier alpha value is -2.67. The fourth-order valence-electron chi connectivity index (χ4n) is 4.16. The number of likely N-dealkylation sites (tertiary alicyclic amines) is 1. The second-order valence-corrected chi connectivity index (χ2v) is 7.07. The van der Waals surface area contributed by atoms with Gasteiger partial charge in [-0.3, -0.25) is 14.3 Å². The minimum atomic E-state index is -0.900. The van der Waals surface area contributed by atoms with Crippen molar-refractivity contribution in [3.05, 3.63) is 42.1 Å². The zero-order valence-electron chi connectivity index (χ0n) is 14.6. The summed E-state index contributed by atoms with van der Waals surface area (Å²) in [7, 11) is 1.80. The monoisotopic (exact) mass is 355 g/mol. The van der Waals surface area contributed by atoms with Crippen molar-refractivity contribution in [1.82, 2.24) is 14.7 Å². The highest BCUT2D eigenvalue weighted by Crippen LogP contribution is 2.43. The minimum absolute atomic E-state index is 0.172. The standard InChI is InChI=1S/C19H21N3O4/c1-21-16(13-5-3-2-4-6-13)15(9-20-21)17(23)22-10-14-11-26-8-7-19(14,12-22)18(24)25/h2-6,9,14H,7-8,10-12H2,1H3,(H,24,25)/t14-,19+/m0/s1. The molecule has 0 aliphatic carbocycles. The van der Waals surface area contributed by atoms with Crippen LogP contribution in [0, 0.1) is 11.3 Å². The van der Waals surface area contributed by atoms with Crippen molar-refractivity contribution in [2.45, 2.75) is 6.42 Å². The molecule has 2 saturated heterocycles. The SMILES string of the molecule is Cn1ncc(C(=O)N2C[C@H]3COCC[C@@]3(C(=O)O)C2)c1-c1ccccc1. The maximum Gasteiger partial charge on any atom is 0.311 e. The van der Waals surface area contributed by atoms with Gasteiger partial charge in [0.25, 0.3) is 5.91 Å². The van der Waals surface area contributed by atoms with Crippen molar-refractivity contribution in [2.75, 3.05) is 26.3 Å². The smallest absolute Gasteiger partial charge is 0.311 e. The van der Waals surface area contributed by atoms with E-state index in [-0.39, 0.29) is 18.4 Å². The molecule has 26 heavy (non-hydrogen) atoms. The Labute approximate surface area is 151 Å². The summed E-state index contributed by atoms with van der Waals surface area (Å²) in [6.45, 7) is 1.42. The summed E-state index contributed by atoms with van der Waals surface area (Å²) in [5, 5.41) is 14.1. The average molecular weight is 355 g/mol. The van der Waals surface area contributed by atoms with Crippen LogP contribution in [-0.2, 0) is 16.6 Å². The van der Waals surface area contributed by atoms with E-state index in [4.69, 9.17) is 4.74 Å². The van der Waals surface area contributed by atoms with Gasteiger partial charge in [0.15, 0.2) is 0 Å². The van der Waals surface area contributed by atoms with E-state index in [1.807, 2.05) is 30.3 Å². The molecule has 3 heterocycles. The van der Waals surface area contributed by atoms with Crippen LogP contribution < -0.4 is 0 Å². The Morgan fingerprint density at radius 3 is 2.77 bits per heavy atom. The Morgan fingerprint density at radius 2 is 2.08 bits per heavy atom. The third-order valence-corrected chi connectivity index (χ3v) is 5.64. The number of nitrogens with zero attached hydrogens (tertiary/aromatic N) is 3. The van der Waals surface area contributed by atoms with Gasteiger partial charge in [0.05, 0.1) is 29.5 Å². The topological polar surface area (TPSA) is 84.7 Å². The van der Waals surface area contributed by atoms with Crippen LogP contribution in [0.1, 0.15) is 16.8 Å². The first kappa shape index (κ1) is 16.8. The second kappa shape index (κ2) is 6.25. The minimum Gasteiger partial charge on any atom is -0.481 e. The van der Waals surface area contributed by atoms with E-state index in [1.165, 1.54) is 0 Å². The second-order valence-electron chi connectivity index (χ2n) is 7.07. The molecule has 2 aliphatic heterocycles. The van der Waals surface area contributed by atoms with Crippen molar-refractivity contribution in [3.8, 4) is 11.3 Å². The van der Waals surface area contributed by atoms with Crippen LogP contribution in [0.15, 0.2) is 36.5 Å². The lowest BCUT2D eigenvalue weighted by Crippen LogP contribution is -2.45. The number of hydrogen-bond acceptors (Lipinski definition) is 4. The third-order valence-electron chi connectivity index (χ3n) is 5.64. The van der Waals surface area contributed by atoms with E-state index in [9.17, 15) is 14.7 Å². The van der Waals surface area contributed by atoms with E-state index < -0.39 is 11.4 Å². The summed E-state index contributed by atoms with van der Waals surface area (Å²) >= 11 is 0. The van der Waals surface area contributed by atoms with Crippen LogP contribution in [0.25, 0.3) is 11.3 Å². The van der Waals surface area contributed by atoms with Gasteiger partial charge in [0.2, 0.25) is 0 Å². The highest BCUT2D eigenvalue weighted by Gasteiger charge is 2.55. The molecule has 1 N–H and O–H groups in total. The molecule has 1 aromatic heterocycles. The summed E-state index contributed by atoms with van der Waals surface area (Å²) in [5.41, 5.74) is 1.25. The van der Waals surface area contributed by atoms with Crippen LogP contribution in [0.4, 0.5) is 0 Å². The fourth-order valence-corrected chi connectivity index (χ4v) is 4.16. The van der Waals surface area contributed by atoms with Crippen LogP contribution in [0.2, 0.25) is 0 Å². The van der Waals surface area contributed by atoms with Gasteiger partial charge >= 0.3 is 5.97 Å². The van der Waals surface area contributed by atoms with E-state index in [2.05, 4.69) is 5.10 Å². The van der Waals surface area contributed by atoms with E-state index in [1.54, 1.807) is 22.8 Å². The molecule has 7 heteroatoms. The van der Waals surface area contributed by atoms with E-state index in [0.717, 1.165) is 11.3 Å². The number of carboxylic acid groups (broad SMARTS) is 1. The van der Waals surface area contributed by atoms with Gasteiger partial charge in [0, 0.05) is 38.2 Å². The Bertz CT molecular complexity index is 848. The number of benzene rings is 1. The zero-order valence-corrected chi connectivity index (χ0v) is 14.6. The molecule has 4 rings (SSSR count). The summed E-state index contributed by atoms with van der Waals surface area (Å²) in [6, 6.07) is 9.62. The number of hydrogen-bond donors (Lipinski definition) is 1. The number of fused-ring (bicyclic) bond motifs is 1. The highest BCUT2D eigenvalue weighted by atomic mass is 16.5. The first-order chi connectivity index (χ1) is 12.5. The molecular formula is C19H21N3O4. The van der Waals surface area contributed by atoms with E-state index in [0.29, 0.717) is 31.7 Å². The summed E-state index contributed by atoms with van der Waals surface area (Å²) in [6.07, 6.45) is 2.01. The molecule has 0 radical (unpaired) electrons. The molecule has 0 spiro atoms. The molecule has 0 bridgehead atoms. The molecular weight excluding hydrogens is 334 g/mol. The predicted octanol–water partition coefficient (Wildman–Crippen LogP) is 1.65. The molecule has 1 aromatic carbocycles. The lowest BCUT2D eigenvalue weighted by Gasteiger charge is -2.33. The number of aliphatic carboxylic acids is 1. The number of amides is 1. The molecule has 2 aliphatic rings. The molecule has 136 valence electrons.